The Hall–Kier alpha value is -2.44. The van der Waals surface area contributed by atoms with E-state index in [1.54, 1.807) is 39.8 Å². The molecule has 1 rings (SSSR count). The smallest absolute Gasteiger partial charge is 0.407 e. The summed E-state index contributed by atoms with van der Waals surface area (Å²) in [6.45, 7) is 7.63. The van der Waals surface area contributed by atoms with Gasteiger partial charge in [0, 0.05) is 18.8 Å². The SMILES string of the molecule is Cc1cc(O)ccc1NC(=O)NCCNC(=O)OC(C)(C)C. The molecule has 0 spiro atoms. The van der Waals surface area contributed by atoms with E-state index in [1.165, 1.54) is 6.07 Å². The molecule has 0 radical (unpaired) electrons. The van der Waals surface area contributed by atoms with Crippen LogP contribution in [0.2, 0.25) is 0 Å². The Labute approximate surface area is 130 Å². The lowest BCUT2D eigenvalue weighted by Gasteiger charge is -2.19. The molecular formula is C15H23N3O4. The zero-order chi connectivity index (χ0) is 16.8. The van der Waals surface area contributed by atoms with Crippen LogP contribution in [-0.2, 0) is 4.74 Å². The Morgan fingerprint density at radius 3 is 2.41 bits per heavy atom. The molecule has 4 N–H and O–H groups in total. The first-order chi connectivity index (χ1) is 10.2. The summed E-state index contributed by atoms with van der Waals surface area (Å²) < 4.78 is 5.07. The molecule has 1 aromatic carbocycles. The van der Waals surface area contributed by atoms with E-state index in [9.17, 15) is 14.7 Å². The Morgan fingerprint density at radius 1 is 1.18 bits per heavy atom. The summed E-state index contributed by atoms with van der Waals surface area (Å²) in [5.41, 5.74) is 0.808. The van der Waals surface area contributed by atoms with Gasteiger partial charge in [-0.1, -0.05) is 0 Å². The van der Waals surface area contributed by atoms with E-state index in [0.717, 1.165) is 5.56 Å². The number of hydrogen-bond donors (Lipinski definition) is 4. The quantitative estimate of drug-likeness (QED) is 0.506. The largest absolute Gasteiger partial charge is 0.508 e. The molecular weight excluding hydrogens is 286 g/mol. The number of hydrogen-bond acceptors (Lipinski definition) is 4. The van der Waals surface area contributed by atoms with E-state index < -0.39 is 11.7 Å². The molecule has 0 aromatic heterocycles. The summed E-state index contributed by atoms with van der Waals surface area (Å²) in [6.07, 6.45) is -0.524. The van der Waals surface area contributed by atoms with Gasteiger partial charge in [-0.3, -0.25) is 0 Å². The zero-order valence-corrected chi connectivity index (χ0v) is 13.3. The number of rotatable bonds is 4. The number of anilines is 1. The van der Waals surface area contributed by atoms with E-state index in [0.29, 0.717) is 5.69 Å². The number of urea groups is 1. The number of amides is 3. The van der Waals surface area contributed by atoms with Gasteiger partial charge in [-0.05, 0) is 51.5 Å². The first-order valence-electron chi connectivity index (χ1n) is 6.99. The fraction of sp³-hybridized carbons (Fsp3) is 0.467. The lowest BCUT2D eigenvalue weighted by Crippen LogP contribution is -2.39. The molecule has 0 fully saturated rings. The minimum Gasteiger partial charge on any atom is -0.508 e. The molecule has 0 aliphatic rings. The molecule has 1 aromatic rings. The topological polar surface area (TPSA) is 99.7 Å². The van der Waals surface area contributed by atoms with E-state index in [1.807, 2.05) is 0 Å². The van der Waals surface area contributed by atoms with Crippen LogP contribution in [0.15, 0.2) is 18.2 Å². The lowest BCUT2D eigenvalue weighted by atomic mass is 10.2. The number of aryl methyl sites for hydroxylation is 1. The van der Waals surface area contributed by atoms with Gasteiger partial charge >= 0.3 is 12.1 Å². The van der Waals surface area contributed by atoms with Crippen molar-refractivity contribution >= 4 is 17.8 Å². The van der Waals surface area contributed by atoms with Crippen molar-refractivity contribution in [2.45, 2.75) is 33.3 Å². The average molecular weight is 309 g/mol. The molecule has 22 heavy (non-hydrogen) atoms. The van der Waals surface area contributed by atoms with Crippen molar-refractivity contribution < 1.29 is 19.4 Å². The zero-order valence-electron chi connectivity index (χ0n) is 13.3. The van der Waals surface area contributed by atoms with Crippen molar-refractivity contribution in [1.29, 1.82) is 0 Å². The number of carbonyl (C=O) groups is 2. The van der Waals surface area contributed by atoms with Gasteiger partial charge in [0.25, 0.3) is 0 Å². The summed E-state index contributed by atoms with van der Waals surface area (Å²) in [6, 6.07) is 4.27. The number of ether oxygens (including phenoxy) is 1. The Kier molecular flexibility index (Phi) is 6.03. The fourth-order valence-corrected chi connectivity index (χ4v) is 1.61. The summed E-state index contributed by atoms with van der Waals surface area (Å²) in [4.78, 5) is 23.1. The summed E-state index contributed by atoms with van der Waals surface area (Å²) >= 11 is 0. The molecule has 7 nitrogen and oxygen atoms in total. The van der Waals surface area contributed by atoms with Crippen LogP contribution in [-0.4, -0.2) is 35.9 Å². The number of benzene rings is 1. The minimum absolute atomic E-state index is 0.144. The lowest BCUT2D eigenvalue weighted by molar-refractivity contribution is 0.0528. The van der Waals surface area contributed by atoms with Gasteiger partial charge in [0.15, 0.2) is 0 Å². The number of aromatic hydroxyl groups is 1. The van der Waals surface area contributed by atoms with E-state index in [-0.39, 0.29) is 24.9 Å². The molecule has 7 heteroatoms. The van der Waals surface area contributed by atoms with Crippen molar-refractivity contribution in [1.82, 2.24) is 10.6 Å². The van der Waals surface area contributed by atoms with E-state index >= 15 is 0 Å². The molecule has 122 valence electrons. The van der Waals surface area contributed by atoms with Crippen LogP contribution in [0.25, 0.3) is 0 Å². The number of phenols is 1. The molecule has 0 aliphatic heterocycles. The van der Waals surface area contributed by atoms with Crippen LogP contribution in [0.5, 0.6) is 5.75 Å². The Bertz CT molecular complexity index is 538. The van der Waals surface area contributed by atoms with Crippen LogP contribution in [0.1, 0.15) is 26.3 Å². The fourth-order valence-electron chi connectivity index (χ4n) is 1.61. The van der Waals surface area contributed by atoms with Gasteiger partial charge < -0.3 is 25.8 Å². The second kappa shape index (κ2) is 7.53. The molecule has 0 bridgehead atoms. The first-order valence-corrected chi connectivity index (χ1v) is 6.99. The number of phenolic OH excluding ortho intramolecular Hbond substituents is 1. The summed E-state index contributed by atoms with van der Waals surface area (Å²) in [5.74, 6) is 0.144. The highest BCUT2D eigenvalue weighted by Gasteiger charge is 2.15. The maximum Gasteiger partial charge on any atom is 0.407 e. The molecule has 0 saturated carbocycles. The van der Waals surface area contributed by atoms with Crippen LogP contribution in [0.3, 0.4) is 0 Å². The van der Waals surface area contributed by atoms with E-state index in [2.05, 4.69) is 16.0 Å². The van der Waals surface area contributed by atoms with Crippen LogP contribution < -0.4 is 16.0 Å². The minimum atomic E-state index is -0.550. The molecule has 0 saturated heterocycles. The van der Waals surface area contributed by atoms with Gasteiger partial charge in [0.1, 0.15) is 11.4 Å². The van der Waals surface area contributed by atoms with Crippen LogP contribution in [0.4, 0.5) is 15.3 Å². The number of alkyl carbamates (subject to hydrolysis) is 1. The predicted molar refractivity (Wildman–Crippen MR) is 84.1 cm³/mol. The van der Waals surface area contributed by atoms with Crippen molar-refractivity contribution in [2.24, 2.45) is 0 Å². The third-order valence-corrected chi connectivity index (χ3v) is 2.54. The third-order valence-electron chi connectivity index (χ3n) is 2.54. The average Bonchev–Trinajstić information content (AvgIpc) is 2.36. The summed E-state index contributed by atoms with van der Waals surface area (Å²) in [7, 11) is 0. The number of nitrogens with one attached hydrogen (secondary N) is 3. The van der Waals surface area contributed by atoms with Gasteiger partial charge in [0.05, 0.1) is 0 Å². The van der Waals surface area contributed by atoms with Gasteiger partial charge in [-0.15, -0.1) is 0 Å². The number of carbonyl (C=O) groups excluding carboxylic acids is 2. The molecule has 0 heterocycles. The molecule has 0 atom stereocenters. The Morgan fingerprint density at radius 2 is 1.82 bits per heavy atom. The normalized spacial score (nSPS) is 10.7. The maximum absolute atomic E-state index is 11.7. The van der Waals surface area contributed by atoms with Gasteiger partial charge in [-0.25, -0.2) is 9.59 Å². The predicted octanol–water partition coefficient (Wildman–Crippen LogP) is 2.35. The standard InChI is InChI=1S/C15H23N3O4/c1-10-9-11(19)5-6-12(10)18-13(20)16-7-8-17-14(21)22-15(2,3)4/h5-6,9,19H,7-8H2,1-4H3,(H,17,21)(H2,16,18,20). The van der Waals surface area contributed by atoms with Crippen molar-refractivity contribution in [3.63, 3.8) is 0 Å². The molecule has 0 unspecified atom stereocenters. The molecule has 3 amide bonds. The van der Waals surface area contributed by atoms with Crippen LogP contribution >= 0.6 is 0 Å². The van der Waals surface area contributed by atoms with E-state index in [4.69, 9.17) is 4.74 Å². The highest BCUT2D eigenvalue weighted by molar-refractivity contribution is 5.90. The maximum atomic E-state index is 11.7. The van der Waals surface area contributed by atoms with Crippen molar-refractivity contribution in [2.75, 3.05) is 18.4 Å². The second-order valence-corrected chi connectivity index (χ2v) is 5.81. The molecule has 0 aliphatic carbocycles. The van der Waals surface area contributed by atoms with Crippen LogP contribution in [0, 0.1) is 6.92 Å². The van der Waals surface area contributed by atoms with Crippen molar-refractivity contribution in [3.8, 4) is 5.75 Å². The Balaban J connectivity index is 2.28. The highest BCUT2D eigenvalue weighted by atomic mass is 16.6. The van der Waals surface area contributed by atoms with Gasteiger partial charge in [-0.2, -0.15) is 0 Å². The van der Waals surface area contributed by atoms with Gasteiger partial charge in [0.2, 0.25) is 0 Å². The monoisotopic (exact) mass is 309 g/mol. The van der Waals surface area contributed by atoms with Crippen molar-refractivity contribution in [3.05, 3.63) is 23.8 Å². The third kappa shape index (κ3) is 6.83. The second-order valence-electron chi connectivity index (χ2n) is 5.81. The highest BCUT2D eigenvalue weighted by Crippen LogP contribution is 2.19. The first kappa shape index (κ1) is 17.6. The summed E-state index contributed by atoms with van der Waals surface area (Å²) in [5, 5.41) is 17.1.